The van der Waals surface area contributed by atoms with E-state index in [-0.39, 0.29) is 16.7 Å². The van der Waals surface area contributed by atoms with Crippen molar-refractivity contribution in [2.75, 3.05) is 24.2 Å². The molecule has 0 radical (unpaired) electrons. The molecule has 2 aromatic carbocycles. The molecule has 3 aromatic rings. The molecule has 0 atom stereocenters. The molecule has 198 valence electrons. The van der Waals surface area contributed by atoms with Crippen molar-refractivity contribution in [3.05, 3.63) is 65.9 Å². The fourth-order valence-electron chi connectivity index (χ4n) is 3.66. The number of aryl methyl sites for hydroxylation is 1. The zero-order valence-electron chi connectivity index (χ0n) is 21.1. The van der Waals surface area contributed by atoms with Crippen LogP contribution >= 0.6 is 0 Å². The summed E-state index contributed by atoms with van der Waals surface area (Å²) in [5, 5.41) is 6.12. The van der Waals surface area contributed by atoms with Crippen LogP contribution in [0.1, 0.15) is 37.3 Å². The van der Waals surface area contributed by atoms with Crippen LogP contribution in [0, 0.1) is 6.92 Å². The van der Waals surface area contributed by atoms with Gasteiger partial charge in [-0.2, -0.15) is 4.98 Å². The fraction of sp³-hybridized carbons (Fsp3) is 0.360. The molecule has 1 aliphatic carbocycles. The number of anilines is 4. The van der Waals surface area contributed by atoms with Gasteiger partial charge in [-0.3, -0.25) is 0 Å². The lowest BCUT2D eigenvalue weighted by Crippen LogP contribution is -2.27. The Morgan fingerprint density at radius 2 is 1.73 bits per heavy atom. The van der Waals surface area contributed by atoms with Crippen molar-refractivity contribution in [2.45, 2.75) is 49.8 Å². The van der Waals surface area contributed by atoms with Gasteiger partial charge in [-0.25, -0.2) is 30.8 Å². The lowest BCUT2D eigenvalue weighted by atomic mass is 10.2. The minimum absolute atomic E-state index is 0.223. The maximum absolute atomic E-state index is 12.6. The number of nitrogens with zero attached hydrogens (tertiary/aromatic N) is 3. The second-order valence-electron chi connectivity index (χ2n) is 9.09. The van der Waals surface area contributed by atoms with Crippen molar-refractivity contribution in [3.63, 3.8) is 0 Å². The molecule has 0 spiro atoms. The Kier molecular flexibility index (Phi) is 8.12. The van der Waals surface area contributed by atoms with Crippen LogP contribution in [-0.2, 0) is 26.6 Å². The van der Waals surface area contributed by atoms with Crippen LogP contribution in [0.4, 0.5) is 23.1 Å². The first-order valence-corrected chi connectivity index (χ1v) is 15.1. The molecule has 12 heteroatoms. The third kappa shape index (κ3) is 6.83. The van der Waals surface area contributed by atoms with Gasteiger partial charge >= 0.3 is 0 Å². The molecule has 10 nitrogen and oxygen atoms in total. The van der Waals surface area contributed by atoms with Crippen molar-refractivity contribution in [1.29, 1.82) is 0 Å². The molecule has 1 aliphatic rings. The minimum atomic E-state index is -3.53. The Labute approximate surface area is 218 Å². The van der Waals surface area contributed by atoms with Gasteiger partial charge in [0.1, 0.15) is 5.82 Å². The molecule has 37 heavy (non-hydrogen) atoms. The van der Waals surface area contributed by atoms with Gasteiger partial charge in [0, 0.05) is 43.3 Å². The van der Waals surface area contributed by atoms with Crippen LogP contribution in [0.25, 0.3) is 0 Å². The summed E-state index contributed by atoms with van der Waals surface area (Å²) in [6.45, 7) is 4.49. The van der Waals surface area contributed by atoms with Gasteiger partial charge in [0.25, 0.3) is 0 Å². The highest BCUT2D eigenvalue weighted by Gasteiger charge is 2.35. The SMILES string of the molecule is CCCN(C)S(=O)(=O)c1ccc(Nc2ncc(C)c(Nc3cccc(CNS(=O)(=O)C4CC4)c3)n2)cc1. The van der Waals surface area contributed by atoms with Gasteiger partial charge in [0.2, 0.25) is 26.0 Å². The van der Waals surface area contributed by atoms with Crippen molar-refractivity contribution in [1.82, 2.24) is 19.0 Å². The van der Waals surface area contributed by atoms with E-state index >= 15 is 0 Å². The average Bonchev–Trinajstić information content (AvgIpc) is 3.72. The fourth-order valence-corrected chi connectivity index (χ4v) is 6.28. The predicted molar refractivity (Wildman–Crippen MR) is 145 cm³/mol. The van der Waals surface area contributed by atoms with Crippen LogP contribution in [0.15, 0.2) is 59.6 Å². The molecule has 1 aromatic heterocycles. The number of benzene rings is 2. The van der Waals surface area contributed by atoms with Gasteiger partial charge in [0.05, 0.1) is 10.1 Å². The van der Waals surface area contributed by atoms with Crippen molar-refractivity contribution in [3.8, 4) is 0 Å². The van der Waals surface area contributed by atoms with Crippen molar-refractivity contribution >= 4 is 43.2 Å². The number of hydrogen-bond acceptors (Lipinski definition) is 8. The van der Waals surface area contributed by atoms with E-state index in [1.165, 1.54) is 4.31 Å². The molecule has 4 rings (SSSR count). The van der Waals surface area contributed by atoms with Gasteiger partial charge in [0.15, 0.2) is 0 Å². The quantitative estimate of drug-likeness (QED) is 0.313. The molecule has 0 amide bonds. The van der Waals surface area contributed by atoms with Gasteiger partial charge in [-0.1, -0.05) is 19.1 Å². The highest BCUT2D eigenvalue weighted by atomic mass is 32.2. The Morgan fingerprint density at radius 3 is 2.41 bits per heavy atom. The monoisotopic (exact) mass is 544 g/mol. The molecule has 0 aliphatic heterocycles. The second-order valence-corrected chi connectivity index (χ2v) is 13.2. The van der Waals surface area contributed by atoms with E-state index in [0.717, 1.165) is 36.1 Å². The predicted octanol–water partition coefficient (Wildman–Crippen LogP) is 3.88. The number of aromatic nitrogens is 2. The summed E-state index contributed by atoms with van der Waals surface area (Å²) in [5.74, 6) is 0.939. The summed E-state index contributed by atoms with van der Waals surface area (Å²) in [6.07, 6.45) is 3.86. The molecule has 1 fully saturated rings. The summed E-state index contributed by atoms with van der Waals surface area (Å²) in [5.41, 5.74) is 3.07. The Balaban J connectivity index is 1.44. The van der Waals surface area contributed by atoms with E-state index in [0.29, 0.717) is 24.0 Å². The summed E-state index contributed by atoms with van der Waals surface area (Å²) in [4.78, 5) is 9.11. The number of sulfonamides is 2. The normalized spacial score (nSPS) is 14.1. The standard InChI is InChI=1S/C25H32N6O4S2/c1-4-14-31(3)37(34,35)23-10-8-20(9-11-23)29-25-26-16-18(2)24(30-25)28-21-7-5-6-19(15-21)17-27-36(32,33)22-12-13-22/h5-11,15-16,22,27H,4,12-14,17H2,1-3H3,(H2,26,28,29,30). The number of hydrogen-bond donors (Lipinski definition) is 3. The van der Waals surface area contributed by atoms with Gasteiger partial charge < -0.3 is 10.6 Å². The first-order valence-electron chi connectivity index (χ1n) is 12.1. The third-order valence-corrected chi connectivity index (χ3v) is 9.73. The van der Waals surface area contributed by atoms with Crippen LogP contribution in [0.5, 0.6) is 0 Å². The molecular formula is C25H32N6O4S2. The van der Waals surface area contributed by atoms with Crippen molar-refractivity contribution < 1.29 is 16.8 Å². The van der Waals surface area contributed by atoms with E-state index in [2.05, 4.69) is 25.3 Å². The molecule has 1 saturated carbocycles. The van der Waals surface area contributed by atoms with E-state index in [4.69, 9.17) is 0 Å². The van der Waals surface area contributed by atoms with Crippen LogP contribution in [0.2, 0.25) is 0 Å². The highest BCUT2D eigenvalue weighted by molar-refractivity contribution is 7.90. The average molecular weight is 545 g/mol. The lowest BCUT2D eigenvalue weighted by Gasteiger charge is -2.16. The van der Waals surface area contributed by atoms with E-state index in [9.17, 15) is 16.8 Å². The van der Waals surface area contributed by atoms with Gasteiger partial charge in [-0.05, 0) is 68.1 Å². The largest absolute Gasteiger partial charge is 0.340 e. The second kappa shape index (κ2) is 11.1. The first kappa shape index (κ1) is 27.0. The van der Waals surface area contributed by atoms with Gasteiger partial charge in [-0.15, -0.1) is 0 Å². The minimum Gasteiger partial charge on any atom is -0.340 e. The lowest BCUT2D eigenvalue weighted by molar-refractivity contribution is 0.468. The zero-order valence-corrected chi connectivity index (χ0v) is 22.7. The molecule has 1 heterocycles. The molecule has 0 saturated heterocycles. The number of rotatable bonds is 12. The van der Waals surface area contributed by atoms with Crippen LogP contribution in [-0.4, -0.2) is 50.0 Å². The molecule has 0 unspecified atom stereocenters. The van der Waals surface area contributed by atoms with Crippen LogP contribution in [0.3, 0.4) is 0 Å². The van der Waals surface area contributed by atoms with E-state index in [1.54, 1.807) is 37.5 Å². The Hall–Kier alpha value is -3.06. The Bertz CT molecular complexity index is 1460. The molecule has 0 bridgehead atoms. The van der Waals surface area contributed by atoms with Crippen molar-refractivity contribution in [2.24, 2.45) is 0 Å². The summed E-state index contributed by atoms with van der Waals surface area (Å²) in [6, 6.07) is 13.9. The smallest absolute Gasteiger partial charge is 0.242 e. The zero-order chi connectivity index (χ0) is 26.6. The first-order chi connectivity index (χ1) is 17.6. The number of nitrogens with one attached hydrogen (secondary N) is 3. The Morgan fingerprint density at radius 1 is 1.00 bits per heavy atom. The molecular weight excluding hydrogens is 512 g/mol. The summed E-state index contributed by atoms with van der Waals surface area (Å²) >= 11 is 0. The molecule has 3 N–H and O–H groups in total. The maximum Gasteiger partial charge on any atom is 0.242 e. The van der Waals surface area contributed by atoms with Crippen LogP contribution < -0.4 is 15.4 Å². The summed E-state index contributed by atoms with van der Waals surface area (Å²) in [7, 11) is -5.21. The van der Waals surface area contributed by atoms with E-state index < -0.39 is 20.0 Å². The highest BCUT2D eigenvalue weighted by Crippen LogP contribution is 2.28. The topological polar surface area (TPSA) is 133 Å². The summed E-state index contributed by atoms with van der Waals surface area (Å²) < 4.78 is 53.5. The maximum atomic E-state index is 12.6. The van der Waals surface area contributed by atoms with E-state index in [1.807, 2.05) is 38.1 Å². The third-order valence-electron chi connectivity index (χ3n) is 5.96.